The Balaban J connectivity index is 1.34. The van der Waals surface area contributed by atoms with Crippen molar-refractivity contribution in [3.8, 4) is 0 Å². The van der Waals surface area contributed by atoms with E-state index in [1.165, 1.54) is 6.42 Å². The SMILES string of the molecule is Cc1noc(C)c1C(=O)N1CCC2(CC1)CC(C(=O)NC1CCC1)=NO2. The molecule has 0 aromatic carbocycles. The van der Waals surface area contributed by atoms with Crippen LogP contribution in [-0.4, -0.2) is 52.3 Å². The average molecular weight is 360 g/mol. The standard InChI is InChI=1S/C18H24N4O4/c1-11-15(12(2)25-20-11)17(24)22-8-6-18(7-9-22)10-14(21-26-18)16(23)19-13-4-3-5-13/h13H,3-10H2,1-2H3,(H,19,23). The monoisotopic (exact) mass is 360 g/mol. The van der Waals surface area contributed by atoms with Crippen LogP contribution in [0.5, 0.6) is 0 Å². The predicted octanol–water partition coefficient (Wildman–Crippen LogP) is 1.71. The summed E-state index contributed by atoms with van der Waals surface area (Å²) in [4.78, 5) is 32.5. The highest BCUT2D eigenvalue weighted by molar-refractivity contribution is 6.39. The third-order valence-electron chi connectivity index (χ3n) is 5.75. The van der Waals surface area contributed by atoms with Gasteiger partial charge in [-0.15, -0.1) is 0 Å². The van der Waals surface area contributed by atoms with Gasteiger partial charge in [0.25, 0.3) is 11.8 Å². The number of hydrogen-bond acceptors (Lipinski definition) is 6. The summed E-state index contributed by atoms with van der Waals surface area (Å²) < 4.78 is 5.10. The lowest BCUT2D eigenvalue weighted by atomic mass is 9.86. The number of rotatable bonds is 3. The Hall–Kier alpha value is -2.38. The van der Waals surface area contributed by atoms with Gasteiger partial charge in [-0.3, -0.25) is 9.59 Å². The first kappa shape index (κ1) is 17.1. The molecule has 0 atom stereocenters. The van der Waals surface area contributed by atoms with E-state index < -0.39 is 5.60 Å². The number of aromatic nitrogens is 1. The quantitative estimate of drug-likeness (QED) is 0.885. The van der Waals surface area contributed by atoms with E-state index in [4.69, 9.17) is 9.36 Å². The zero-order valence-corrected chi connectivity index (χ0v) is 15.2. The molecule has 1 aliphatic carbocycles. The predicted molar refractivity (Wildman–Crippen MR) is 92.8 cm³/mol. The lowest BCUT2D eigenvalue weighted by molar-refractivity contribution is -0.116. The molecule has 2 fully saturated rings. The molecule has 1 aromatic rings. The summed E-state index contributed by atoms with van der Waals surface area (Å²) in [6.07, 6.45) is 5.09. The minimum absolute atomic E-state index is 0.0574. The number of nitrogens with one attached hydrogen (secondary N) is 1. The fourth-order valence-corrected chi connectivity index (χ4v) is 3.80. The molecule has 8 nitrogen and oxygen atoms in total. The number of amides is 2. The fraction of sp³-hybridized carbons (Fsp3) is 0.667. The maximum absolute atomic E-state index is 12.7. The van der Waals surface area contributed by atoms with Gasteiger partial charge in [0.05, 0.1) is 5.69 Å². The number of aryl methyl sites for hydroxylation is 2. The second kappa shape index (κ2) is 6.41. The van der Waals surface area contributed by atoms with Crippen molar-refractivity contribution >= 4 is 17.5 Å². The molecule has 1 aromatic heterocycles. The van der Waals surface area contributed by atoms with Crippen molar-refractivity contribution in [2.24, 2.45) is 5.16 Å². The summed E-state index contributed by atoms with van der Waals surface area (Å²) in [5.41, 5.74) is 1.18. The molecule has 1 saturated carbocycles. The molecule has 0 unspecified atom stereocenters. The van der Waals surface area contributed by atoms with E-state index in [1.807, 2.05) is 0 Å². The second-order valence-corrected chi connectivity index (χ2v) is 7.58. The molecule has 26 heavy (non-hydrogen) atoms. The van der Waals surface area contributed by atoms with Crippen LogP contribution < -0.4 is 5.32 Å². The number of piperidine rings is 1. The van der Waals surface area contributed by atoms with Gasteiger partial charge in [0.15, 0.2) is 0 Å². The van der Waals surface area contributed by atoms with Crippen molar-refractivity contribution in [3.63, 3.8) is 0 Å². The van der Waals surface area contributed by atoms with Crippen molar-refractivity contribution < 1.29 is 18.9 Å². The van der Waals surface area contributed by atoms with Crippen LogP contribution in [0.15, 0.2) is 9.68 Å². The normalized spacial score (nSPS) is 21.9. The summed E-state index contributed by atoms with van der Waals surface area (Å²) >= 11 is 0. The van der Waals surface area contributed by atoms with Gasteiger partial charge < -0.3 is 19.6 Å². The number of hydrogen-bond donors (Lipinski definition) is 1. The lowest BCUT2D eigenvalue weighted by Crippen LogP contribution is -2.48. The molecule has 1 N–H and O–H groups in total. The van der Waals surface area contributed by atoms with Crippen LogP contribution >= 0.6 is 0 Å². The van der Waals surface area contributed by atoms with E-state index in [2.05, 4.69) is 15.6 Å². The van der Waals surface area contributed by atoms with Crippen molar-refractivity contribution in [2.45, 2.75) is 64.0 Å². The van der Waals surface area contributed by atoms with Crippen LogP contribution in [0, 0.1) is 13.8 Å². The summed E-state index contributed by atoms with van der Waals surface area (Å²) in [5.74, 6) is 0.377. The molecule has 0 bridgehead atoms. The van der Waals surface area contributed by atoms with Gasteiger partial charge in [-0.25, -0.2) is 0 Å². The highest BCUT2D eigenvalue weighted by Gasteiger charge is 2.45. The van der Waals surface area contributed by atoms with Gasteiger partial charge in [-0.1, -0.05) is 10.3 Å². The Morgan fingerprint density at radius 1 is 1.23 bits per heavy atom. The van der Waals surface area contributed by atoms with Crippen molar-refractivity contribution in [1.82, 2.24) is 15.4 Å². The maximum Gasteiger partial charge on any atom is 0.269 e. The van der Waals surface area contributed by atoms with E-state index >= 15 is 0 Å². The van der Waals surface area contributed by atoms with Gasteiger partial charge in [0.2, 0.25) is 0 Å². The van der Waals surface area contributed by atoms with Crippen LogP contribution in [-0.2, 0) is 9.63 Å². The fourth-order valence-electron chi connectivity index (χ4n) is 3.80. The molecule has 8 heteroatoms. The van der Waals surface area contributed by atoms with Crippen molar-refractivity contribution in [2.75, 3.05) is 13.1 Å². The van der Waals surface area contributed by atoms with Crippen LogP contribution in [0.3, 0.4) is 0 Å². The van der Waals surface area contributed by atoms with E-state index in [1.54, 1.807) is 18.7 Å². The first-order chi connectivity index (χ1) is 12.5. The smallest absolute Gasteiger partial charge is 0.269 e. The van der Waals surface area contributed by atoms with E-state index in [9.17, 15) is 9.59 Å². The Kier molecular flexibility index (Phi) is 4.20. The molecular formula is C18H24N4O4. The zero-order valence-electron chi connectivity index (χ0n) is 15.2. The Morgan fingerprint density at radius 2 is 1.96 bits per heavy atom. The van der Waals surface area contributed by atoms with Crippen molar-refractivity contribution in [3.05, 3.63) is 17.0 Å². The van der Waals surface area contributed by atoms with Crippen LogP contribution in [0.2, 0.25) is 0 Å². The number of carbonyl (C=O) groups excluding carboxylic acids is 2. The Bertz CT molecular complexity index is 738. The summed E-state index contributed by atoms with van der Waals surface area (Å²) in [6, 6.07) is 0.288. The zero-order chi connectivity index (χ0) is 18.3. The van der Waals surface area contributed by atoms with E-state index in [-0.39, 0.29) is 17.9 Å². The van der Waals surface area contributed by atoms with Gasteiger partial charge >= 0.3 is 0 Å². The molecule has 1 spiro atoms. The van der Waals surface area contributed by atoms with Crippen LogP contribution in [0.25, 0.3) is 0 Å². The number of carbonyl (C=O) groups is 2. The van der Waals surface area contributed by atoms with Crippen LogP contribution in [0.1, 0.15) is 60.3 Å². The number of nitrogens with zero attached hydrogens (tertiary/aromatic N) is 3. The summed E-state index contributed by atoms with van der Waals surface area (Å²) in [6.45, 7) is 4.65. The number of likely N-dealkylation sites (tertiary alicyclic amines) is 1. The molecular weight excluding hydrogens is 336 g/mol. The molecule has 4 rings (SSSR count). The molecule has 0 radical (unpaired) electrons. The first-order valence-corrected chi connectivity index (χ1v) is 9.25. The Labute approximate surface area is 151 Å². The minimum atomic E-state index is -0.457. The van der Waals surface area contributed by atoms with Gasteiger partial charge in [-0.05, 0) is 33.1 Å². The average Bonchev–Trinajstić information content (AvgIpc) is 3.15. The maximum atomic E-state index is 12.7. The molecule has 2 aliphatic heterocycles. The summed E-state index contributed by atoms with van der Waals surface area (Å²) in [5, 5.41) is 10.9. The first-order valence-electron chi connectivity index (χ1n) is 9.25. The largest absolute Gasteiger partial charge is 0.388 e. The highest BCUT2D eigenvalue weighted by Crippen LogP contribution is 2.35. The molecule has 2 amide bonds. The lowest BCUT2D eigenvalue weighted by Gasteiger charge is -2.37. The molecule has 140 valence electrons. The van der Waals surface area contributed by atoms with Crippen LogP contribution in [0.4, 0.5) is 0 Å². The minimum Gasteiger partial charge on any atom is -0.388 e. The Morgan fingerprint density at radius 3 is 2.54 bits per heavy atom. The number of oxime groups is 1. The van der Waals surface area contributed by atoms with Crippen molar-refractivity contribution in [1.29, 1.82) is 0 Å². The summed E-state index contributed by atoms with van der Waals surface area (Å²) in [7, 11) is 0. The van der Waals surface area contributed by atoms with Gasteiger partial charge in [0, 0.05) is 38.4 Å². The molecule has 3 aliphatic rings. The van der Waals surface area contributed by atoms with E-state index in [0.29, 0.717) is 55.1 Å². The van der Waals surface area contributed by atoms with E-state index in [0.717, 1.165) is 12.8 Å². The van der Waals surface area contributed by atoms with Gasteiger partial charge in [-0.2, -0.15) is 0 Å². The van der Waals surface area contributed by atoms with Gasteiger partial charge in [0.1, 0.15) is 22.6 Å². The topological polar surface area (TPSA) is 97.0 Å². The third kappa shape index (κ3) is 2.97. The third-order valence-corrected chi connectivity index (χ3v) is 5.75. The highest BCUT2D eigenvalue weighted by atomic mass is 16.7. The molecule has 1 saturated heterocycles. The second-order valence-electron chi connectivity index (χ2n) is 7.58. The molecule has 3 heterocycles.